The number of ether oxygens (including phenoxy) is 2. The van der Waals surface area contributed by atoms with Gasteiger partial charge in [-0.2, -0.15) is 9.78 Å². The predicted molar refractivity (Wildman–Crippen MR) is 122 cm³/mol. The van der Waals surface area contributed by atoms with Gasteiger partial charge in [-0.05, 0) is 66.9 Å². The Morgan fingerprint density at radius 3 is 2.39 bits per heavy atom. The molecule has 0 fully saturated rings. The molecule has 0 unspecified atom stereocenters. The van der Waals surface area contributed by atoms with E-state index < -0.39 is 0 Å². The Bertz CT molecular complexity index is 1290. The van der Waals surface area contributed by atoms with Crippen LogP contribution in [0.1, 0.15) is 22.5 Å². The summed E-state index contributed by atoms with van der Waals surface area (Å²) >= 11 is 0. The second-order valence-electron chi connectivity index (χ2n) is 7.19. The second kappa shape index (κ2) is 8.83. The molecule has 0 radical (unpaired) electrons. The summed E-state index contributed by atoms with van der Waals surface area (Å²) in [6.07, 6.45) is 1.62. The van der Waals surface area contributed by atoms with Gasteiger partial charge in [-0.3, -0.25) is 4.79 Å². The van der Waals surface area contributed by atoms with Crippen molar-refractivity contribution < 1.29 is 9.47 Å². The molecule has 4 aromatic rings. The third-order valence-corrected chi connectivity index (χ3v) is 5.01. The lowest BCUT2D eigenvalue weighted by Gasteiger charge is -2.14. The van der Waals surface area contributed by atoms with Crippen molar-refractivity contribution >= 4 is 17.1 Å². The van der Waals surface area contributed by atoms with Gasteiger partial charge in [0.15, 0.2) is 5.82 Å². The summed E-state index contributed by atoms with van der Waals surface area (Å²) in [5, 5.41) is 4.94. The maximum Gasteiger partial charge on any atom is 0.282 e. The summed E-state index contributed by atoms with van der Waals surface area (Å²) in [6, 6.07) is 20.6. The number of hydrogen-bond acceptors (Lipinski definition) is 5. The van der Waals surface area contributed by atoms with Gasteiger partial charge in [0.05, 0.1) is 24.2 Å². The van der Waals surface area contributed by atoms with E-state index in [4.69, 9.17) is 9.47 Å². The predicted octanol–water partition coefficient (Wildman–Crippen LogP) is 4.48. The van der Waals surface area contributed by atoms with Crippen LogP contribution >= 0.6 is 0 Å². The second-order valence-corrected chi connectivity index (χ2v) is 7.19. The molecule has 1 heterocycles. The lowest BCUT2D eigenvalue weighted by molar-refractivity contribution is 0.285. The standard InChI is InChI=1S/C25H23N3O3/c1-17-7-6-8-18(2)24(17)31-16-23-27-22-10-5-4-9-21(22)25(29)28(23)26-15-19-11-13-20(30-3)14-12-19/h4-15H,16H2,1-3H3/b26-15-. The first-order valence-corrected chi connectivity index (χ1v) is 9.95. The molecule has 31 heavy (non-hydrogen) atoms. The Balaban J connectivity index is 1.74. The zero-order valence-electron chi connectivity index (χ0n) is 17.7. The van der Waals surface area contributed by atoms with Crippen molar-refractivity contribution in [1.29, 1.82) is 0 Å². The summed E-state index contributed by atoms with van der Waals surface area (Å²) in [6.45, 7) is 4.10. The van der Waals surface area contributed by atoms with Gasteiger partial charge >= 0.3 is 0 Å². The molecule has 4 rings (SSSR count). The van der Waals surface area contributed by atoms with Crippen molar-refractivity contribution in [3.8, 4) is 11.5 Å². The van der Waals surface area contributed by atoms with E-state index >= 15 is 0 Å². The number of methoxy groups -OCH3 is 1. The Morgan fingerprint density at radius 2 is 1.68 bits per heavy atom. The maximum atomic E-state index is 13.1. The van der Waals surface area contributed by atoms with E-state index in [0.717, 1.165) is 28.2 Å². The lowest BCUT2D eigenvalue weighted by Crippen LogP contribution is -2.23. The first-order chi connectivity index (χ1) is 15.1. The van der Waals surface area contributed by atoms with Crippen LogP contribution in [-0.2, 0) is 6.61 Å². The molecular weight excluding hydrogens is 390 g/mol. The van der Waals surface area contributed by atoms with Crippen LogP contribution in [-0.4, -0.2) is 23.0 Å². The zero-order valence-corrected chi connectivity index (χ0v) is 17.7. The molecule has 156 valence electrons. The number of para-hydroxylation sites is 2. The smallest absolute Gasteiger partial charge is 0.282 e. The van der Waals surface area contributed by atoms with Gasteiger partial charge in [0, 0.05) is 0 Å². The summed E-state index contributed by atoms with van der Waals surface area (Å²) < 4.78 is 12.6. The Kier molecular flexibility index (Phi) is 5.80. The molecule has 0 saturated heterocycles. The van der Waals surface area contributed by atoms with Crippen LogP contribution in [0.25, 0.3) is 10.9 Å². The highest BCUT2D eigenvalue weighted by atomic mass is 16.5. The fraction of sp³-hybridized carbons (Fsp3) is 0.160. The number of aryl methyl sites for hydroxylation is 2. The van der Waals surface area contributed by atoms with Crippen LogP contribution in [0.4, 0.5) is 0 Å². The van der Waals surface area contributed by atoms with Crippen LogP contribution < -0.4 is 15.0 Å². The fourth-order valence-corrected chi connectivity index (χ4v) is 3.36. The molecule has 0 N–H and O–H groups in total. The third-order valence-electron chi connectivity index (χ3n) is 5.01. The average Bonchev–Trinajstić information content (AvgIpc) is 2.79. The molecule has 1 aromatic heterocycles. The molecule has 3 aromatic carbocycles. The summed E-state index contributed by atoms with van der Waals surface area (Å²) in [4.78, 5) is 17.8. The van der Waals surface area contributed by atoms with E-state index in [0.29, 0.717) is 16.7 Å². The number of fused-ring (bicyclic) bond motifs is 1. The fourth-order valence-electron chi connectivity index (χ4n) is 3.36. The van der Waals surface area contributed by atoms with E-state index in [2.05, 4.69) is 10.1 Å². The molecule has 0 spiro atoms. The van der Waals surface area contributed by atoms with Crippen molar-refractivity contribution in [1.82, 2.24) is 9.66 Å². The molecule has 0 aliphatic carbocycles. The zero-order chi connectivity index (χ0) is 21.8. The van der Waals surface area contributed by atoms with Gasteiger partial charge in [-0.1, -0.05) is 30.3 Å². The van der Waals surface area contributed by atoms with E-state index in [1.54, 1.807) is 19.4 Å². The minimum atomic E-state index is -0.240. The first kappa shape index (κ1) is 20.3. The van der Waals surface area contributed by atoms with Crippen LogP contribution in [0.15, 0.2) is 76.6 Å². The highest BCUT2D eigenvalue weighted by molar-refractivity contribution is 5.80. The molecular formula is C25H23N3O3. The Labute approximate surface area is 180 Å². The van der Waals surface area contributed by atoms with Crippen LogP contribution in [0.3, 0.4) is 0 Å². The molecule has 0 atom stereocenters. The van der Waals surface area contributed by atoms with Crippen LogP contribution in [0, 0.1) is 13.8 Å². The number of benzene rings is 3. The van der Waals surface area contributed by atoms with Crippen molar-refractivity contribution in [3.63, 3.8) is 0 Å². The van der Waals surface area contributed by atoms with Crippen LogP contribution in [0.5, 0.6) is 11.5 Å². The maximum absolute atomic E-state index is 13.1. The SMILES string of the molecule is COc1ccc(/C=N\n2c(COc3c(C)cccc3C)nc3ccccc3c2=O)cc1. The third kappa shape index (κ3) is 4.33. The Hall–Kier alpha value is -3.93. The Morgan fingerprint density at radius 1 is 0.968 bits per heavy atom. The number of hydrogen-bond donors (Lipinski definition) is 0. The van der Waals surface area contributed by atoms with Gasteiger partial charge in [0.25, 0.3) is 5.56 Å². The van der Waals surface area contributed by atoms with Gasteiger partial charge in [0.1, 0.15) is 18.1 Å². The highest BCUT2D eigenvalue weighted by Crippen LogP contribution is 2.23. The molecule has 6 heteroatoms. The van der Waals surface area contributed by atoms with E-state index in [9.17, 15) is 4.79 Å². The molecule has 0 aliphatic rings. The van der Waals surface area contributed by atoms with E-state index in [-0.39, 0.29) is 12.2 Å². The topological polar surface area (TPSA) is 65.7 Å². The number of aromatic nitrogens is 2. The molecule has 0 aliphatic heterocycles. The molecule has 0 bridgehead atoms. The highest BCUT2D eigenvalue weighted by Gasteiger charge is 2.12. The largest absolute Gasteiger partial charge is 0.497 e. The quantitative estimate of drug-likeness (QED) is 0.437. The first-order valence-electron chi connectivity index (χ1n) is 9.95. The number of rotatable bonds is 6. The monoisotopic (exact) mass is 413 g/mol. The normalized spacial score (nSPS) is 11.2. The van der Waals surface area contributed by atoms with Gasteiger partial charge in [-0.25, -0.2) is 4.98 Å². The number of nitrogens with zero attached hydrogens (tertiary/aromatic N) is 3. The lowest BCUT2D eigenvalue weighted by atomic mass is 10.1. The minimum Gasteiger partial charge on any atom is -0.497 e. The van der Waals surface area contributed by atoms with E-state index in [1.165, 1.54) is 4.68 Å². The van der Waals surface area contributed by atoms with Crippen molar-refractivity contribution in [2.75, 3.05) is 7.11 Å². The van der Waals surface area contributed by atoms with Gasteiger partial charge in [0.2, 0.25) is 0 Å². The van der Waals surface area contributed by atoms with Gasteiger partial charge in [-0.15, -0.1) is 0 Å². The molecule has 0 amide bonds. The molecule has 6 nitrogen and oxygen atoms in total. The summed E-state index contributed by atoms with van der Waals surface area (Å²) in [5.74, 6) is 1.97. The van der Waals surface area contributed by atoms with E-state index in [1.807, 2.05) is 74.5 Å². The van der Waals surface area contributed by atoms with Crippen molar-refractivity contribution in [2.45, 2.75) is 20.5 Å². The van der Waals surface area contributed by atoms with Gasteiger partial charge < -0.3 is 9.47 Å². The summed E-state index contributed by atoms with van der Waals surface area (Å²) in [5.41, 5.74) is 3.26. The van der Waals surface area contributed by atoms with Crippen molar-refractivity contribution in [3.05, 3.63) is 99.6 Å². The minimum absolute atomic E-state index is 0.117. The average molecular weight is 413 g/mol. The van der Waals surface area contributed by atoms with Crippen molar-refractivity contribution in [2.24, 2.45) is 5.10 Å². The van der Waals surface area contributed by atoms with Crippen LogP contribution in [0.2, 0.25) is 0 Å². The molecule has 0 saturated carbocycles. The summed E-state index contributed by atoms with van der Waals surface area (Å²) in [7, 11) is 1.62.